The zero-order valence-electron chi connectivity index (χ0n) is 20.4. The number of halogens is 3. The maximum Gasteiger partial charge on any atom is 0.346 e. The molecule has 0 aliphatic heterocycles. The van der Waals surface area contributed by atoms with Gasteiger partial charge in [-0.25, -0.2) is 18.0 Å². The van der Waals surface area contributed by atoms with E-state index in [2.05, 4.69) is 0 Å². The second-order valence-electron chi connectivity index (χ2n) is 8.75. The summed E-state index contributed by atoms with van der Waals surface area (Å²) in [4.78, 5) is 12.6. The van der Waals surface area contributed by atoms with Gasteiger partial charge in [0.25, 0.3) is 0 Å². The molecule has 0 amide bonds. The number of hydrogen-bond donors (Lipinski definition) is 0. The van der Waals surface area contributed by atoms with Gasteiger partial charge in [0.2, 0.25) is 0 Å². The van der Waals surface area contributed by atoms with E-state index in [0.717, 1.165) is 12.8 Å². The Labute approximate surface area is 209 Å². The lowest BCUT2D eigenvalue weighted by Gasteiger charge is -2.29. The van der Waals surface area contributed by atoms with Crippen molar-refractivity contribution in [3.63, 3.8) is 0 Å². The van der Waals surface area contributed by atoms with Crippen molar-refractivity contribution in [2.45, 2.75) is 51.6 Å². The predicted octanol–water partition coefficient (Wildman–Crippen LogP) is 7.45. The summed E-state index contributed by atoms with van der Waals surface area (Å²) in [6.07, 6.45) is 3.16. The van der Waals surface area contributed by atoms with Crippen molar-refractivity contribution < 1.29 is 32.2 Å². The Bertz CT molecular complexity index is 1200. The summed E-state index contributed by atoms with van der Waals surface area (Å²) in [6, 6.07) is 13.7. The van der Waals surface area contributed by atoms with Gasteiger partial charge in [0.15, 0.2) is 23.2 Å². The third-order valence-electron chi connectivity index (χ3n) is 6.48. The molecular weight excluding hydrogens is 469 g/mol. The summed E-state index contributed by atoms with van der Waals surface area (Å²) >= 11 is 0. The van der Waals surface area contributed by atoms with Crippen LogP contribution in [0.25, 0.3) is 11.1 Å². The first-order chi connectivity index (χ1) is 17.4. The van der Waals surface area contributed by atoms with Gasteiger partial charge in [-0.05, 0) is 92.5 Å². The number of rotatable bonds is 8. The number of carbonyl (C=O) groups excluding carboxylic acids is 1. The third-order valence-corrected chi connectivity index (χ3v) is 6.48. The van der Waals surface area contributed by atoms with Crippen molar-refractivity contribution in [1.29, 1.82) is 0 Å². The zero-order chi connectivity index (χ0) is 25.7. The number of carbonyl (C=O) groups is 1. The van der Waals surface area contributed by atoms with Gasteiger partial charge in [-0.2, -0.15) is 0 Å². The quantitative estimate of drug-likeness (QED) is 0.239. The fourth-order valence-electron chi connectivity index (χ4n) is 4.64. The van der Waals surface area contributed by atoms with Crippen LogP contribution >= 0.6 is 0 Å². The molecule has 1 aliphatic rings. The summed E-state index contributed by atoms with van der Waals surface area (Å²) in [5.74, 6) is -3.45. The Balaban J connectivity index is 1.43. The van der Waals surface area contributed by atoms with Crippen molar-refractivity contribution in [3.05, 3.63) is 83.2 Å². The molecule has 0 spiro atoms. The van der Waals surface area contributed by atoms with Crippen LogP contribution in [0, 0.1) is 17.5 Å². The Morgan fingerprint density at radius 1 is 0.833 bits per heavy atom. The SMILES string of the molecule is CCOc1ccc(-c2ccc(OC(=O)c3ccc(C4CCC(OCC)CC4)c(F)c3F)cc2)cc1F. The van der Waals surface area contributed by atoms with E-state index in [9.17, 15) is 18.0 Å². The second kappa shape index (κ2) is 11.6. The van der Waals surface area contributed by atoms with Crippen LogP contribution in [0.3, 0.4) is 0 Å². The van der Waals surface area contributed by atoms with Gasteiger partial charge in [-0.15, -0.1) is 0 Å². The number of benzene rings is 3. The molecule has 0 unspecified atom stereocenters. The number of esters is 1. The number of ether oxygens (including phenoxy) is 3. The van der Waals surface area contributed by atoms with E-state index in [1.165, 1.54) is 30.3 Å². The topological polar surface area (TPSA) is 44.8 Å². The lowest BCUT2D eigenvalue weighted by atomic mass is 9.82. The second-order valence-corrected chi connectivity index (χ2v) is 8.75. The van der Waals surface area contributed by atoms with Crippen LogP contribution < -0.4 is 9.47 Å². The first-order valence-corrected chi connectivity index (χ1v) is 12.3. The first-order valence-electron chi connectivity index (χ1n) is 12.3. The van der Waals surface area contributed by atoms with Crippen LogP contribution in [-0.2, 0) is 4.74 Å². The predicted molar refractivity (Wildman–Crippen MR) is 131 cm³/mol. The van der Waals surface area contributed by atoms with E-state index in [-0.39, 0.29) is 29.1 Å². The maximum atomic E-state index is 14.9. The third kappa shape index (κ3) is 5.73. The van der Waals surface area contributed by atoms with Gasteiger partial charge in [-0.3, -0.25) is 0 Å². The molecule has 1 aliphatic carbocycles. The van der Waals surface area contributed by atoms with Crippen molar-refractivity contribution in [2.24, 2.45) is 0 Å². The normalized spacial score (nSPS) is 17.6. The molecule has 0 N–H and O–H groups in total. The summed E-state index contributed by atoms with van der Waals surface area (Å²) in [7, 11) is 0. The lowest BCUT2D eigenvalue weighted by Crippen LogP contribution is -2.22. The van der Waals surface area contributed by atoms with Crippen LogP contribution in [-0.4, -0.2) is 25.3 Å². The summed E-state index contributed by atoms with van der Waals surface area (Å²) in [6.45, 7) is 4.71. The van der Waals surface area contributed by atoms with Gasteiger partial charge >= 0.3 is 5.97 Å². The summed E-state index contributed by atoms with van der Waals surface area (Å²) in [5.41, 5.74) is 1.13. The van der Waals surface area contributed by atoms with Gasteiger partial charge < -0.3 is 14.2 Å². The van der Waals surface area contributed by atoms with Crippen molar-refractivity contribution >= 4 is 5.97 Å². The van der Waals surface area contributed by atoms with Crippen LogP contribution in [0.15, 0.2) is 54.6 Å². The monoisotopic (exact) mass is 498 g/mol. The standard InChI is InChI=1S/C29H29F3O4/c1-3-34-21-10-7-19(8-11-21)23-14-15-24(28(32)27(23)31)29(33)36-22-12-5-18(6-13-22)20-9-16-26(35-4-2)25(30)17-20/h5-6,9,12-17,19,21H,3-4,7-8,10-11H2,1-2H3. The molecule has 0 saturated heterocycles. The van der Waals surface area contributed by atoms with E-state index in [4.69, 9.17) is 14.2 Å². The van der Waals surface area contributed by atoms with E-state index >= 15 is 0 Å². The fourth-order valence-corrected chi connectivity index (χ4v) is 4.64. The molecule has 0 aromatic heterocycles. The lowest BCUT2D eigenvalue weighted by molar-refractivity contribution is 0.0325. The zero-order valence-corrected chi connectivity index (χ0v) is 20.4. The smallest absolute Gasteiger partial charge is 0.346 e. The molecule has 3 aromatic carbocycles. The molecule has 1 saturated carbocycles. The number of hydrogen-bond acceptors (Lipinski definition) is 4. The van der Waals surface area contributed by atoms with Crippen LogP contribution in [0.4, 0.5) is 13.2 Å². The highest BCUT2D eigenvalue weighted by Gasteiger charge is 2.28. The van der Waals surface area contributed by atoms with Gasteiger partial charge in [0, 0.05) is 6.61 Å². The largest absolute Gasteiger partial charge is 0.491 e. The van der Waals surface area contributed by atoms with E-state index in [0.29, 0.717) is 37.2 Å². The Hall–Kier alpha value is -3.32. The van der Waals surface area contributed by atoms with E-state index in [1.54, 1.807) is 31.2 Å². The molecule has 4 nitrogen and oxygen atoms in total. The highest BCUT2D eigenvalue weighted by molar-refractivity contribution is 5.91. The molecule has 7 heteroatoms. The van der Waals surface area contributed by atoms with E-state index < -0.39 is 29.0 Å². The molecule has 0 bridgehead atoms. The minimum atomic E-state index is -1.20. The van der Waals surface area contributed by atoms with Crippen LogP contribution in [0.5, 0.6) is 11.5 Å². The molecule has 4 rings (SSSR count). The molecule has 3 aromatic rings. The van der Waals surface area contributed by atoms with Gasteiger partial charge in [-0.1, -0.05) is 24.3 Å². The van der Waals surface area contributed by atoms with Gasteiger partial charge in [0.05, 0.1) is 18.3 Å². The van der Waals surface area contributed by atoms with Crippen LogP contribution in [0.1, 0.15) is 61.4 Å². The minimum Gasteiger partial charge on any atom is -0.491 e. The molecule has 0 radical (unpaired) electrons. The van der Waals surface area contributed by atoms with Gasteiger partial charge in [0.1, 0.15) is 5.75 Å². The molecule has 0 atom stereocenters. The Kier molecular flexibility index (Phi) is 8.31. The Morgan fingerprint density at radius 2 is 1.53 bits per heavy atom. The highest BCUT2D eigenvalue weighted by Crippen LogP contribution is 2.36. The van der Waals surface area contributed by atoms with Crippen molar-refractivity contribution in [1.82, 2.24) is 0 Å². The average molecular weight is 499 g/mol. The molecule has 1 fully saturated rings. The Morgan fingerprint density at radius 3 is 2.17 bits per heavy atom. The fraction of sp³-hybridized carbons (Fsp3) is 0.345. The molecule has 190 valence electrons. The molecular formula is C29H29F3O4. The summed E-state index contributed by atoms with van der Waals surface area (Å²) in [5, 5.41) is 0. The van der Waals surface area contributed by atoms with Crippen LogP contribution in [0.2, 0.25) is 0 Å². The van der Waals surface area contributed by atoms with Crippen molar-refractivity contribution in [2.75, 3.05) is 13.2 Å². The maximum absolute atomic E-state index is 14.9. The van der Waals surface area contributed by atoms with E-state index in [1.807, 2.05) is 6.92 Å². The van der Waals surface area contributed by atoms with Crippen molar-refractivity contribution in [3.8, 4) is 22.6 Å². The highest BCUT2D eigenvalue weighted by atomic mass is 19.2. The minimum absolute atomic E-state index is 0.110. The molecule has 0 heterocycles. The first kappa shape index (κ1) is 25.8. The molecule has 36 heavy (non-hydrogen) atoms. The summed E-state index contributed by atoms with van der Waals surface area (Å²) < 4.78 is 60.0. The average Bonchev–Trinajstić information content (AvgIpc) is 2.88.